The maximum atomic E-state index is 11.3. The minimum Gasteiger partial charge on any atom is -0.550 e. The van der Waals surface area contributed by atoms with Gasteiger partial charge < -0.3 is 19.1 Å². The fourth-order valence-electron chi connectivity index (χ4n) is 2.41. The number of ether oxygens (including phenoxy) is 1. The lowest BCUT2D eigenvalue weighted by Gasteiger charge is -2.29. The Hall–Kier alpha value is -1.36. The van der Waals surface area contributed by atoms with E-state index in [0.717, 1.165) is 49.7 Å². The smallest absolute Gasteiger partial charge is 0.333 e. The van der Waals surface area contributed by atoms with E-state index in [2.05, 4.69) is 20.7 Å². The Morgan fingerprint density at radius 1 is 0.957 bits per heavy atom. The first-order valence-corrected chi connectivity index (χ1v) is 8.59. The summed E-state index contributed by atoms with van der Waals surface area (Å²) < 4.78 is 6.03. The van der Waals surface area contributed by atoms with Crippen LogP contribution >= 0.6 is 0 Å². The van der Waals surface area contributed by atoms with E-state index in [-0.39, 0.29) is 12.4 Å². The molecule has 0 aliphatic heterocycles. The minimum atomic E-state index is -0.946. The van der Waals surface area contributed by atoms with Gasteiger partial charge >= 0.3 is 5.97 Å². The van der Waals surface area contributed by atoms with E-state index in [1.807, 2.05) is 0 Å². The molecule has 0 radical (unpaired) electrons. The van der Waals surface area contributed by atoms with Crippen molar-refractivity contribution in [3.05, 3.63) is 12.2 Å². The number of carbonyl (C=O) groups is 2. The van der Waals surface area contributed by atoms with Crippen molar-refractivity contribution in [1.82, 2.24) is 0 Å². The Balaban J connectivity index is 3.55. The zero-order valence-corrected chi connectivity index (χ0v) is 15.1. The van der Waals surface area contributed by atoms with Gasteiger partial charge in [0.25, 0.3) is 0 Å². The van der Waals surface area contributed by atoms with Crippen LogP contribution in [0.15, 0.2) is 12.2 Å². The molecule has 0 aliphatic rings. The number of unbranched alkanes of at least 4 members (excludes halogenated alkanes) is 5. The lowest BCUT2D eigenvalue weighted by molar-refractivity contribution is -0.890. The van der Waals surface area contributed by atoms with Crippen LogP contribution in [0.25, 0.3) is 0 Å². The largest absolute Gasteiger partial charge is 0.550 e. The van der Waals surface area contributed by atoms with Gasteiger partial charge in [0.05, 0.1) is 33.8 Å². The van der Waals surface area contributed by atoms with Gasteiger partial charge in [-0.2, -0.15) is 0 Å². The summed E-state index contributed by atoms with van der Waals surface area (Å²) in [5.74, 6) is -1.26. The predicted octanol–water partition coefficient (Wildman–Crippen LogP) is 2.05. The van der Waals surface area contributed by atoms with Crippen LogP contribution in [0.2, 0.25) is 0 Å². The van der Waals surface area contributed by atoms with Crippen LogP contribution in [0, 0.1) is 0 Å². The molecule has 0 fully saturated rings. The summed E-state index contributed by atoms with van der Waals surface area (Å²) in [7, 11) is 4.39. The number of carboxylic acids is 1. The molecule has 0 aromatic carbocycles. The fraction of sp³-hybridized carbons (Fsp3) is 0.778. The van der Waals surface area contributed by atoms with Gasteiger partial charge in [-0.3, -0.25) is 0 Å². The number of rotatable bonds is 14. The second-order valence-electron chi connectivity index (χ2n) is 6.90. The van der Waals surface area contributed by atoms with Gasteiger partial charge in [0.1, 0.15) is 0 Å². The van der Waals surface area contributed by atoms with E-state index in [1.54, 1.807) is 6.92 Å². The highest BCUT2D eigenvalue weighted by atomic mass is 16.5. The second kappa shape index (κ2) is 12.1. The van der Waals surface area contributed by atoms with Crippen molar-refractivity contribution in [3.8, 4) is 0 Å². The molecule has 0 atom stereocenters. The quantitative estimate of drug-likeness (QED) is 0.212. The molecule has 0 spiro atoms. The zero-order valence-electron chi connectivity index (χ0n) is 15.1. The molecule has 5 nitrogen and oxygen atoms in total. The van der Waals surface area contributed by atoms with E-state index < -0.39 is 5.97 Å². The fourth-order valence-corrected chi connectivity index (χ4v) is 2.41. The molecule has 23 heavy (non-hydrogen) atoms. The molecule has 0 aromatic rings. The third-order valence-electron chi connectivity index (χ3n) is 3.88. The maximum absolute atomic E-state index is 11.3. The van der Waals surface area contributed by atoms with E-state index in [4.69, 9.17) is 4.74 Å². The van der Waals surface area contributed by atoms with E-state index in [0.29, 0.717) is 12.2 Å². The molecule has 0 amide bonds. The molecule has 0 rings (SSSR count). The lowest BCUT2D eigenvalue weighted by atomic mass is 10.1. The number of hydrogen-bond acceptors (Lipinski definition) is 4. The number of carboxylic acid groups (broad SMARTS) is 1. The molecular formula is C18H33NO4. The molecule has 0 unspecified atom stereocenters. The summed E-state index contributed by atoms with van der Waals surface area (Å²) in [6, 6.07) is 0. The second-order valence-corrected chi connectivity index (χ2v) is 6.90. The average Bonchev–Trinajstić information content (AvgIpc) is 2.45. The number of aliphatic carboxylic acids is 1. The first kappa shape index (κ1) is 21.6. The standard InChI is InChI=1S/C18H33NO4/c1-16(2)18(22)23-15-11-14-19(3,4)13-10-8-6-5-7-9-12-17(20)21/h1,5-15H2,2-4H3. The summed E-state index contributed by atoms with van der Waals surface area (Å²) in [6.07, 6.45) is 7.33. The summed E-state index contributed by atoms with van der Waals surface area (Å²) in [5.41, 5.74) is 0.443. The average molecular weight is 327 g/mol. The Labute approximate surface area is 140 Å². The van der Waals surface area contributed by atoms with E-state index in [1.165, 1.54) is 12.8 Å². The van der Waals surface area contributed by atoms with Gasteiger partial charge in [0.15, 0.2) is 0 Å². The normalized spacial score (nSPS) is 11.3. The van der Waals surface area contributed by atoms with Crippen molar-refractivity contribution in [2.45, 2.75) is 58.3 Å². The van der Waals surface area contributed by atoms with Gasteiger partial charge in [0, 0.05) is 18.0 Å². The number of carbonyl (C=O) groups excluding carboxylic acids is 2. The molecule has 5 heteroatoms. The first-order valence-electron chi connectivity index (χ1n) is 8.59. The van der Waals surface area contributed by atoms with Gasteiger partial charge in [0.2, 0.25) is 0 Å². The van der Waals surface area contributed by atoms with Gasteiger partial charge in [-0.1, -0.05) is 25.8 Å². The third-order valence-corrected chi connectivity index (χ3v) is 3.88. The van der Waals surface area contributed by atoms with Crippen LogP contribution in [0.4, 0.5) is 0 Å². The van der Waals surface area contributed by atoms with Crippen LogP contribution in [0.5, 0.6) is 0 Å². The van der Waals surface area contributed by atoms with Crippen LogP contribution in [-0.2, 0) is 14.3 Å². The van der Waals surface area contributed by atoms with E-state index in [9.17, 15) is 14.7 Å². The summed E-state index contributed by atoms with van der Waals surface area (Å²) in [4.78, 5) is 21.5. The van der Waals surface area contributed by atoms with Gasteiger partial charge in [-0.25, -0.2) is 4.79 Å². The van der Waals surface area contributed by atoms with Crippen LogP contribution in [-0.4, -0.2) is 50.2 Å². The molecule has 0 aromatic heterocycles. The number of hydrogen-bond donors (Lipinski definition) is 0. The van der Waals surface area contributed by atoms with Crippen molar-refractivity contribution in [3.63, 3.8) is 0 Å². The highest BCUT2D eigenvalue weighted by Gasteiger charge is 2.14. The Bertz CT molecular complexity index is 377. The molecule has 134 valence electrons. The minimum absolute atomic E-state index is 0.180. The Kier molecular flexibility index (Phi) is 11.4. The maximum Gasteiger partial charge on any atom is 0.333 e. The molecule has 0 heterocycles. The monoisotopic (exact) mass is 327 g/mol. The molecule has 0 saturated heterocycles. The lowest BCUT2D eigenvalue weighted by Crippen LogP contribution is -2.41. The molecular weight excluding hydrogens is 294 g/mol. The van der Waals surface area contributed by atoms with Gasteiger partial charge in [-0.15, -0.1) is 0 Å². The Morgan fingerprint density at radius 2 is 1.48 bits per heavy atom. The van der Waals surface area contributed by atoms with Crippen LogP contribution in [0.1, 0.15) is 58.3 Å². The highest BCUT2D eigenvalue weighted by molar-refractivity contribution is 5.86. The van der Waals surface area contributed by atoms with Crippen molar-refractivity contribution in [2.75, 3.05) is 33.8 Å². The third kappa shape index (κ3) is 14.0. The Morgan fingerprint density at radius 3 is 2.04 bits per heavy atom. The number of quaternary nitrogens is 1. The number of esters is 1. The summed E-state index contributed by atoms with van der Waals surface area (Å²) >= 11 is 0. The molecule has 0 aliphatic carbocycles. The molecule has 0 bridgehead atoms. The van der Waals surface area contributed by atoms with Crippen LogP contribution < -0.4 is 5.11 Å². The van der Waals surface area contributed by atoms with Gasteiger partial charge in [-0.05, 0) is 32.6 Å². The highest BCUT2D eigenvalue weighted by Crippen LogP contribution is 2.10. The SMILES string of the molecule is C=C(C)C(=O)OCCC[N+](C)(C)CCCCCCCCC(=O)[O-]. The van der Waals surface area contributed by atoms with Crippen molar-refractivity contribution in [2.24, 2.45) is 0 Å². The van der Waals surface area contributed by atoms with Crippen molar-refractivity contribution >= 4 is 11.9 Å². The summed E-state index contributed by atoms with van der Waals surface area (Å²) in [5, 5.41) is 10.3. The summed E-state index contributed by atoms with van der Waals surface area (Å²) in [6.45, 7) is 7.75. The van der Waals surface area contributed by atoms with Crippen molar-refractivity contribution in [1.29, 1.82) is 0 Å². The zero-order chi connectivity index (χ0) is 17.7. The predicted molar refractivity (Wildman–Crippen MR) is 89.6 cm³/mol. The van der Waals surface area contributed by atoms with Crippen molar-refractivity contribution < 1.29 is 23.9 Å². The molecule has 0 saturated carbocycles. The number of nitrogens with zero attached hydrogens (tertiary/aromatic N) is 1. The van der Waals surface area contributed by atoms with Crippen LogP contribution in [0.3, 0.4) is 0 Å². The first-order chi connectivity index (χ1) is 10.7. The van der Waals surface area contributed by atoms with E-state index >= 15 is 0 Å². The topological polar surface area (TPSA) is 66.4 Å². The molecule has 0 N–H and O–H groups in total.